The van der Waals surface area contributed by atoms with E-state index in [2.05, 4.69) is 9.82 Å². The van der Waals surface area contributed by atoms with Gasteiger partial charge in [-0.3, -0.25) is 9.48 Å². The molecule has 1 amide bonds. The quantitative estimate of drug-likeness (QED) is 0.898. The lowest BCUT2D eigenvalue weighted by atomic mass is 9.97. The summed E-state index contributed by atoms with van der Waals surface area (Å²) in [6.45, 7) is 3.62. The molecule has 0 bridgehead atoms. The minimum absolute atomic E-state index is 0.0300. The lowest BCUT2D eigenvalue weighted by molar-refractivity contribution is -0.132. The second kappa shape index (κ2) is 6.03. The zero-order valence-electron chi connectivity index (χ0n) is 13.7. The monoisotopic (exact) mass is 349 g/mol. The summed E-state index contributed by atoms with van der Waals surface area (Å²) < 4.78 is 34.3. The molecule has 2 aromatic rings. The van der Waals surface area contributed by atoms with Crippen molar-refractivity contribution >= 4 is 15.9 Å². The van der Waals surface area contributed by atoms with Crippen molar-refractivity contribution in [3.8, 4) is 0 Å². The third-order valence-corrected chi connectivity index (χ3v) is 5.78. The molecule has 0 radical (unpaired) electrons. The molecule has 1 atom stereocenters. The summed E-state index contributed by atoms with van der Waals surface area (Å²) in [6.07, 6.45) is -0.227. The van der Waals surface area contributed by atoms with Gasteiger partial charge in [0, 0.05) is 7.05 Å². The second-order valence-electron chi connectivity index (χ2n) is 5.79. The average molecular weight is 349 g/mol. The van der Waals surface area contributed by atoms with Crippen LogP contribution in [0.15, 0.2) is 29.2 Å². The average Bonchev–Trinajstić information content (AvgIpc) is 2.79. The van der Waals surface area contributed by atoms with Crippen LogP contribution in [0.1, 0.15) is 28.6 Å². The predicted octanol–water partition coefficient (Wildman–Crippen LogP) is 1.16. The Kier molecular flexibility index (Phi) is 4.18. The topological polar surface area (TPSA) is 90.3 Å². The van der Waals surface area contributed by atoms with E-state index in [0.717, 1.165) is 5.56 Å². The Bertz CT molecular complexity index is 902. The summed E-state index contributed by atoms with van der Waals surface area (Å²) in [6, 6.07) is 7.39. The van der Waals surface area contributed by atoms with Crippen molar-refractivity contribution < 1.29 is 17.9 Å². The standard InChI is InChI=1S/C16H19N3O4S/c1-10-15(11(2)19(3)17-10)24(21,22)18-16(20)14-13-7-5-4-6-12(13)8-9-23-14/h4-7,14H,8-9H2,1-3H3,(H,18,20)/t14-/m0/s1. The van der Waals surface area contributed by atoms with E-state index in [4.69, 9.17) is 4.74 Å². The molecule has 2 heterocycles. The van der Waals surface area contributed by atoms with Gasteiger partial charge in [-0.15, -0.1) is 0 Å². The highest BCUT2D eigenvalue weighted by Crippen LogP contribution is 2.28. The van der Waals surface area contributed by atoms with Crippen LogP contribution in [-0.2, 0) is 33.0 Å². The van der Waals surface area contributed by atoms with Crippen LogP contribution in [0.5, 0.6) is 0 Å². The first-order valence-electron chi connectivity index (χ1n) is 7.57. The minimum atomic E-state index is -4.01. The van der Waals surface area contributed by atoms with Crippen LogP contribution in [-0.4, -0.2) is 30.7 Å². The SMILES string of the molecule is Cc1nn(C)c(C)c1S(=O)(=O)NC(=O)[C@H]1OCCc2ccccc21. The van der Waals surface area contributed by atoms with Crippen molar-refractivity contribution in [3.63, 3.8) is 0 Å². The zero-order valence-corrected chi connectivity index (χ0v) is 14.6. The van der Waals surface area contributed by atoms with Gasteiger partial charge >= 0.3 is 0 Å². The molecule has 0 saturated heterocycles. The third-order valence-electron chi connectivity index (χ3n) is 4.18. The van der Waals surface area contributed by atoms with Crippen molar-refractivity contribution in [2.75, 3.05) is 6.61 Å². The molecule has 7 nitrogen and oxygen atoms in total. The molecule has 3 rings (SSSR count). The molecule has 0 saturated carbocycles. The first kappa shape index (κ1) is 16.7. The number of carbonyl (C=O) groups is 1. The predicted molar refractivity (Wildman–Crippen MR) is 86.8 cm³/mol. The van der Waals surface area contributed by atoms with Crippen LogP contribution in [0.25, 0.3) is 0 Å². The van der Waals surface area contributed by atoms with E-state index < -0.39 is 22.0 Å². The highest BCUT2D eigenvalue weighted by Gasteiger charge is 2.32. The molecule has 1 aromatic carbocycles. The first-order chi connectivity index (χ1) is 11.3. The molecule has 8 heteroatoms. The number of fused-ring (bicyclic) bond motifs is 1. The molecule has 1 aromatic heterocycles. The van der Waals surface area contributed by atoms with E-state index in [9.17, 15) is 13.2 Å². The number of carbonyl (C=O) groups excluding carboxylic acids is 1. The molecule has 1 aliphatic heterocycles. The van der Waals surface area contributed by atoms with Crippen LogP contribution in [0.4, 0.5) is 0 Å². The van der Waals surface area contributed by atoms with E-state index in [-0.39, 0.29) is 4.90 Å². The number of rotatable bonds is 3. The Morgan fingerprint density at radius 2 is 2.04 bits per heavy atom. The molecule has 0 unspecified atom stereocenters. The number of hydrogen-bond donors (Lipinski definition) is 1. The molecule has 0 fully saturated rings. The van der Waals surface area contributed by atoms with Crippen LogP contribution in [0.2, 0.25) is 0 Å². The van der Waals surface area contributed by atoms with Gasteiger partial charge in [-0.25, -0.2) is 13.1 Å². The van der Waals surface area contributed by atoms with Gasteiger partial charge in [-0.2, -0.15) is 5.10 Å². The van der Waals surface area contributed by atoms with E-state index in [1.807, 2.05) is 12.1 Å². The van der Waals surface area contributed by atoms with Crippen LogP contribution in [0, 0.1) is 13.8 Å². The van der Waals surface area contributed by atoms with Crippen LogP contribution < -0.4 is 4.72 Å². The fourth-order valence-electron chi connectivity index (χ4n) is 2.99. The van der Waals surface area contributed by atoms with Gasteiger partial charge in [-0.1, -0.05) is 24.3 Å². The summed E-state index contributed by atoms with van der Waals surface area (Å²) in [4.78, 5) is 12.6. The van der Waals surface area contributed by atoms with Crippen LogP contribution in [0.3, 0.4) is 0 Å². The Morgan fingerprint density at radius 3 is 2.71 bits per heavy atom. The lowest BCUT2D eigenvalue weighted by Gasteiger charge is -2.25. The first-order valence-corrected chi connectivity index (χ1v) is 9.06. The number of benzene rings is 1. The minimum Gasteiger partial charge on any atom is -0.363 e. The zero-order chi connectivity index (χ0) is 17.5. The summed E-state index contributed by atoms with van der Waals surface area (Å²) in [5.74, 6) is -0.690. The Labute approximate surface area is 140 Å². The maximum Gasteiger partial charge on any atom is 0.267 e. The second-order valence-corrected chi connectivity index (χ2v) is 7.41. The Hall–Kier alpha value is -2.19. The van der Waals surface area contributed by atoms with Crippen molar-refractivity contribution in [1.82, 2.24) is 14.5 Å². The molecule has 24 heavy (non-hydrogen) atoms. The van der Waals surface area contributed by atoms with Crippen molar-refractivity contribution in [3.05, 3.63) is 46.8 Å². The van der Waals surface area contributed by atoms with Crippen LogP contribution >= 0.6 is 0 Å². The number of aromatic nitrogens is 2. The molecular weight excluding hydrogens is 330 g/mol. The third kappa shape index (κ3) is 2.83. The number of ether oxygens (including phenoxy) is 1. The Balaban J connectivity index is 1.90. The molecule has 128 valence electrons. The van der Waals surface area contributed by atoms with Gasteiger partial charge in [0.2, 0.25) is 0 Å². The number of nitrogens with zero attached hydrogens (tertiary/aromatic N) is 2. The summed E-state index contributed by atoms with van der Waals surface area (Å²) in [7, 11) is -2.36. The van der Waals surface area contributed by atoms with Gasteiger partial charge in [0.25, 0.3) is 15.9 Å². The largest absolute Gasteiger partial charge is 0.363 e. The highest BCUT2D eigenvalue weighted by molar-refractivity contribution is 7.90. The number of hydrogen-bond acceptors (Lipinski definition) is 5. The summed E-state index contributed by atoms with van der Waals surface area (Å²) in [5.41, 5.74) is 2.52. The van der Waals surface area contributed by atoms with E-state index >= 15 is 0 Å². The maximum atomic E-state index is 12.6. The van der Waals surface area contributed by atoms with Gasteiger partial charge in [0.1, 0.15) is 4.90 Å². The molecule has 1 N–H and O–H groups in total. The van der Waals surface area contributed by atoms with Gasteiger partial charge < -0.3 is 4.74 Å². The van der Waals surface area contributed by atoms with Crippen molar-refractivity contribution in [1.29, 1.82) is 0 Å². The normalized spacial score (nSPS) is 17.4. The molecule has 0 spiro atoms. The van der Waals surface area contributed by atoms with Crippen molar-refractivity contribution in [2.45, 2.75) is 31.3 Å². The van der Waals surface area contributed by atoms with Crippen molar-refractivity contribution in [2.24, 2.45) is 7.05 Å². The van der Waals surface area contributed by atoms with Gasteiger partial charge in [-0.05, 0) is 31.4 Å². The number of nitrogens with one attached hydrogen (secondary N) is 1. The fourth-order valence-corrected chi connectivity index (χ4v) is 4.42. The smallest absolute Gasteiger partial charge is 0.267 e. The van der Waals surface area contributed by atoms with E-state index in [0.29, 0.717) is 30.0 Å². The van der Waals surface area contributed by atoms with Gasteiger partial charge in [0.15, 0.2) is 6.10 Å². The van der Waals surface area contributed by atoms with E-state index in [1.165, 1.54) is 4.68 Å². The van der Waals surface area contributed by atoms with E-state index in [1.54, 1.807) is 33.0 Å². The van der Waals surface area contributed by atoms with Gasteiger partial charge in [0.05, 0.1) is 18.0 Å². The molecule has 1 aliphatic rings. The fraction of sp³-hybridized carbons (Fsp3) is 0.375. The number of amides is 1. The molecule has 0 aliphatic carbocycles. The lowest BCUT2D eigenvalue weighted by Crippen LogP contribution is -2.38. The number of aryl methyl sites for hydroxylation is 2. The summed E-state index contributed by atoms with van der Waals surface area (Å²) >= 11 is 0. The highest BCUT2D eigenvalue weighted by atomic mass is 32.2. The number of sulfonamides is 1. The Morgan fingerprint density at radius 1 is 1.33 bits per heavy atom. The summed E-state index contributed by atoms with van der Waals surface area (Å²) in [5, 5.41) is 4.09. The maximum absolute atomic E-state index is 12.6. The molecular formula is C16H19N3O4S.